The Labute approximate surface area is 176 Å². The molecule has 2 aliphatic rings. The van der Waals surface area contributed by atoms with Crippen molar-refractivity contribution in [1.82, 2.24) is 9.80 Å². The van der Waals surface area contributed by atoms with Gasteiger partial charge >= 0.3 is 0 Å². The molecule has 0 aromatic heterocycles. The molecule has 2 amide bonds. The van der Waals surface area contributed by atoms with Gasteiger partial charge in [-0.3, -0.25) is 14.5 Å². The Balaban J connectivity index is 2.00. The summed E-state index contributed by atoms with van der Waals surface area (Å²) in [5.74, 6) is 0.718. The van der Waals surface area contributed by atoms with Crippen molar-refractivity contribution in [1.29, 1.82) is 0 Å². The first-order chi connectivity index (χ1) is 13.9. The first kappa shape index (κ1) is 21.8. The predicted molar refractivity (Wildman–Crippen MR) is 118 cm³/mol. The quantitative estimate of drug-likeness (QED) is 0.770. The highest BCUT2D eigenvalue weighted by Gasteiger charge is 2.32. The van der Waals surface area contributed by atoms with Crippen LogP contribution < -0.4 is 4.90 Å². The zero-order chi connectivity index (χ0) is 21.0. The summed E-state index contributed by atoms with van der Waals surface area (Å²) in [5.41, 5.74) is 2.05. The average Bonchev–Trinajstić information content (AvgIpc) is 2.70. The zero-order valence-corrected chi connectivity index (χ0v) is 18.6. The molecule has 29 heavy (non-hydrogen) atoms. The minimum absolute atomic E-state index is 0.159. The molecule has 2 aliphatic heterocycles. The van der Waals surface area contributed by atoms with E-state index in [9.17, 15) is 9.59 Å². The van der Waals surface area contributed by atoms with Crippen LogP contribution in [-0.4, -0.2) is 53.8 Å². The van der Waals surface area contributed by atoms with Gasteiger partial charge in [0.2, 0.25) is 11.8 Å². The number of piperidine rings is 1. The molecular formula is C24H37N3O2. The summed E-state index contributed by atoms with van der Waals surface area (Å²) in [7, 11) is 2.20. The molecule has 2 bridgehead atoms. The van der Waals surface area contributed by atoms with Crippen LogP contribution in [0, 0.1) is 5.92 Å². The predicted octanol–water partition coefficient (Wildman–Crippen LogP) is 4.06. The molecule has 2 unspecified atom stereocenters. The Morgan fingerprint density at radius 3 is 2.52 bits per heavy atom. The van der Waals surface area contributed by atoms with Gasteiger partial charge in [0.05, 0.1) is 0 Å². The monoisotopic (exact) mass is 399 g/mol. The highest BCUT2D eigenvalue weighted by Crippen LogP contribution is 2.30. The van der Waals surface area contributed by atoms with E-state index in [1.165, 1.54) is 12.8 Å². The third-order valence-corrected chi connectivity index (χ3v) is 6.53. The van der Waals surface area contributed by atoms with Crippen molar-refractivity contribution in [3.8, 4) is 0 Å². The van der Waals surface area contributed by atoms with Crippen molar-refractivity contribution >= 4 is 17.5 Å². The van der Waals surface area contributed by atoms with Gasteiger partial charge < -0.3 is 9.80 Å². The van der Waals surface area contributed by atoms with Gasteiger partial charge in [-0.05, 0) is 43.9 Å². The van der Waals surface area contributed by atoms with Gasteiger partial charge in [0.15, 0.2) is 0 Å². The fourth-order valence-corrected chi connectivity index (χ4v) is 4.81. The average molecular weight is 400 g/mol. The van der Waals surface area contributed by atoms with E-state index in [4.69, 9.17) is 0 Å². The SMILES string of the molecule is CCC(=O)N1CCC2CCCC(CN(C(=O)CC(C)C)Cc3ccccc31)N2C. The normalized spacial score (nSPS) is 23.5. The van der Waals surface area contributed by atoms with Crippen LogP contribution in [0.3, 0.4) is 0 Å². The van der Waals surface area contributed by atoms with E-state index in [1.54, 1.807) is 0 Å². The number of fused-ring (bicyclic) bond motifs is 3. The standard InChI is InChI=1S/C24H37N3O2/c1-5-23(28)27-14-13-20-10-8-11-21(25(20)4)17-26(24(29)15-18(2)3)16-19-9-6-7-12-22(19)27/h6-7,9,12,18,20-21H,5,8,10-11,13-17H2,1-4H3. The molecule has 1 aromatic rings. The van der Waals surface area contributed by atoms with Crippen LogP contribution in [0.1, 0.15) is 64.9 Å². The molecule has 5 nitrogen and oxygen atoms in total. The minimum Gasteiger partial charge on any atom is -0.337 e. The number of hydrogen-bond donors (Lipinski definition) is 0. The summed E-state index contributed by atoms with van der Waals surface area (Å²) in [5, 5.41) is 0. The van der Waals surface area contributed by atoms with Gasteiger partial charge in [0.25, 0.3) is 0 Å². The number of nitrogens with zero attached hydrogens (tertiary/aromatic N) is 3. The number of amides is 2. The van der Waals surface area contributed by atoms with E-state index < -0.39 is 0 Å². The van der Waals surface area contributed by atoms with Crippen molar-refractivity contribution in [2.24, 2.45) is 5.92 Å². The van der Waals surface area contributed by atoms with Crippen LogP contribution in [0.2, 0.25) is 0 Å². The van der Waals surface area contributed by atoms with Gasteiger partial charge in [-0.1, -0.05) is 45.4 Å². The highest BCUT2D eigenvalue weighted by atomic mass is 16.2. The summed E-state index contributed by atoms with van der Waals surface area (Å²) in [4.78, 5) is 32.4. The maximum Gasteiger partial charge on any atom is 0.226 e. The van der Waals surface area contributed by atoms with E-state index in [-0.39, 0.29) is 11.8 Å². The second kappa shape index (κ2) is 9.75. The zero-order valence-electron chi connectivity index (χ0n) is 18.6. The summed E-state index contributed by atoms with van der Waals surface area (Å²) < 4.78 is 0. The van der Waals surface area contributed by atoms with Crippen LogP contribution in [0.15, 0.2) is 24.3 Å². The van der Waals surface area contributed by atoms with Crippen molar-refractivity contribution in [3.05, 3.63) is 29.8 Å². The molecule has 1 saturated heterocycles. The first-order valence-corrected chi connectivity index (χ1v) is 11.3. The molecule has 0 saturated carbocycles. The van der Waals surface area contributed by atoms with Crippen molar-refractivity contribution in [2.75, 3.05) is 25.0 Å². The summed E-state index contributed by atoms with van der Waals surface area (Å²) in [6, 6.07) is 9.00. The largest absolute Gasteiger partial charge is 0.337 e. The molecule has 1 fully saturated rings. The van der Waals surface area contributed by atoms with Crippen LogP contribution in [0.25, 0.3) is 0 Å². The minimum atomic E-state index is 0.159. The van der Waals surface area contributed by atoms with E-state index in [0.29, 0.717) is 37.4 Å². The number of anilines is 1. The van der Waals surface area contributed by atoms with Gasteiger partial charge in [0.1, 0.15) is 0 Å². The lowest BCUT2D eigenvalue weighted by atomic mass is 9.93. The van der Waals surface area contributed by atoms with Gasteiger partial charge in [-0.25, -0.2) is 0 Å². The van der Waals surface area contributed by atoms with Gasteiger partial charge in [-0.2, -0.15) is 0 Å². The molecule has 0 spiro atoms. The lowest BCUT2D eigenvalue weighted by Crippen LogP contribution is -2.50. The fourth-order valence-electron chi connectivity index (χ4n) is 4.81. The van der Waals surface area contributed by atoms with E-state index in [0.717, 1.165) is 37.2 Å². The maximum absolute atomic E-state index is 13.1. The second-order valence-corrected chi connectivity index (χ2v) is 9.09. The molecule has 0 radical (unpaired) electrons. The number of carbonyl (C=O) groups excluding carboxylic acids is 2. The molecule has 2 atom stereocenters. The number of hydrogen-bond acceptors (Lipinski definition) is 3. The fraction of sp³-hybridized carbons (Fsp3) is 0.667. The molecule has 1 aromatic carbocycles. The lowest BCUT2D eigenvalue weighted by Gasteiger charge is -2.42. The van der Waals surface area contributed by atoms with Crippen LogP contribution >= 0.6 is 0 Å². The van der Waals surface area contributed by atoms with Gasteiger partial charge in [-0.15, -0.1) is 0 Å². The Hall–Kier alpha value is -1.88. The first-order valence-electron chi connectivity index (χ1n) is 11.3. The third kappa shape index (κ3) is 5.19. The summed E-state index contributed by atoms with van der Waals surface area (Å²) in [6.45, 7) is 8.21. The number of carbonyl (C=O) groups is 2. The lowest BCUT2D eigenvalue weighted by molar-refractivity contribution is -0.133. The number of likely N-dealkylation sites (N-methyl/N-ethyl adjacent to an activating group) is 1. The molecule has 160 valence electrons. The second-order valence-electron chi connectivity index (χ2n) is 9.09. The maximum atomic E-state index is 13.1. The topological polar surface area (TPSA) is 43.9 Å². The van der Waals surface area contributed by atoms with Crippen molar-refractivity contribution < 1.29 is 9.59 Å². The number of rotatable bonds is 3. The molecular weight excluding hydrogens is 362 g/mol. The van der Waals surface area contributed by atoms with E-state index in [2.05, 4.69) is 31.9 Å². The van der Waals surface area contributed by atoms with Crippen molar-refractivity contribution in [3.63, 3.8) is 0 Å². The Morgan fingerprint density at radius 1 is 1.07 bits per heavy atom. The van der Waals surface area contributed by atoms with Crippen LogP contribution in [-0.2, 0) is 16.1 Å². The molecule has 3 rings (SSSR count). The van der Waals surface area contributed by atoms with E-state index >= 15 is 0 Å². The number of benzene rings is 1. The van der Waals surface area contributed by atoms with E-state index in [1.807, 2.05) is 34.9 Å². The van der Waals surface area contributed by atoms with Gasteiger partial charge in [0, 0.05) is 50.2 Å². The summed E-state index contributed by atoms with van der Waals surface area (Å²) in [6.07, 6.45) is 5.54. The molecule has 5 heteroatoms. The Morgan fingerprint density at radius 2 is 1.79 bits per heavy atom. The van der Waals surface area contributed by atoms with Crippen molar-refractivity contribution in [2.45, 2.75) is 77.9 Å². The molecule has 0 aliphatic carbocycles. The smallest absolute Gasteiger partial charge is 0.226 e. The Kier molecular flexibility index (Phi) is 7.33. The Bertz CT molecular complexity index is 718. The summed E-state index contributed by atoms with van der Waals surface area (Å²) >= 11 is 0. The number of para-hydroxylation sites is 1. The van der Waals surface area contributed by atoms with Crippen LogP contribution in [0.5, 0.6) is 0 Å². The highest BCUT2D eigenvalue weighted by molar-refractivity contribution is 5.94. The molecule has 0 N–H and O–H groups in total. The molecule has 2 heterocycles. The van der Waals surface area contributed by atoms with Crippen LogP contribution in [0.4, 0.5) is 5.69 Å². The third-order valence-electron chi connectivity index (χ3n) is 6.53.